The molecule has 2 fully saturated rings. The third kappa shape index (κ3) is 3.19. The Bertz CT molecular complexity index is 425. The van der Waals surface area contributed by atoms with Crippen molar-refractivity contribution in [2.75, 3.05) is 6.54 Å². The molecule has 5 nitrogen and oxygen atoms in total. The molecule has 0 radical (unpaired) electrons. The molecule has 1 saturated carbocycles. The number of amides is 1. The summed E-state index contributed by atoms with van der Waals surface area (Å²) in [6, 6.07) is 0.305. The summed E-state index contributed by atoms with van der Waals surface area (Å²) in [7, 11) is 0. The molecule has 5 heteroatoms. The summed E-state index contributed by atoms with van der Waals surface area (Å²) < 4.78 is 1.85. The van der Waals surface area contributed by atoms with Crippen molar-refractivity contribution in [3.63, 3.8) is 0 Å². The van der Waals surface area contributed by atoms with Gasteiger partial charge in [0.2, 0.25) is 5.91 Å². The smallest absolute Gasteiger partial charge is 0.223 e. The zero-order chi connectivity index (χ0) is 13.8. The summed E-state index contributed by atoms with van der Waals surface area (Å²) in [5.74, 6) is 0.998. The number of hydrogen-bond donors (Lipinski definition) is 0. The monoisotopic (exact) mass is 276 g/mol. The van der Waals surface area contributed by atoms with Gasteiger partial charge in [-0.2, -0.15) is 0 Å². The van der Waals surface area contributed by atoms with Crippen LogP contribution in [0.1, 0.15) is 51.4 Å². The van der Waals surface area contributed by atoms with Gasteiger partial charge in [-0.1, -0.05) is 18.1 Å². The summed E-state index contributed by atoms with van der Waals surface area (Å²) in [4.78, 5) is 14.7. The molecule has 0 spiro atoms. The van der Waals surface area contributed by atoms with Crippen LogP contribution < -0.4 is 0 Å². The van der Waals surface area contributed by atoms with E-state index in [1.807, 2.05) is 10.9 Å². The summed E-state index contributed by atoms with van der Waals surface area (Å²) in [5.41, 5.74) is 0. The number of aromatic nitrogens is 3. The Kier molecular flexibility index (Phi) is 4.33. The molecule has 1 amide bonds. The van der Waals surface area contributed by atoms with E-state index in [1.165, 1.54) is 32.1 Å². The standard InChI is InChI=1S/C15H24N4O/c20-15(11-13-5-1-2-6-13)19-9-4-3-7-14(19)12-18-10-8-16-17-18/h8,10,13-14H,1-7,9,11-12H2/t14-/m0/s1. The van der Waals surface area contributed by atoms with Crippen LogP contribution >= 0.6 is 0 Å². The molecule has 1 aliphatic carbocycles. The van der Waals surface area contributed by atoms with Crippen molar-refractivity contribution >= 4 is 5.91 Å². The quantitative estimate of drug-likeness (QED) is 0.847. The molecular weight excluding hydrogens is 252 g/mol. The van der Waals surface area contributed by atoms with Gasteiger partial charge in [0.25, 0.3) is 0 Å². The van der Waals surface area contributed by atoms with Gasteiger partial charge < -0.3 is 4.90 Å². The summed E-state index contributed by atoms with van der Waals surface area (Å²) in [6.07, 6.45) is 12.9. The van der Waals surface area contributed by atoms with E-state index in [0.717, 1.165) is 32.4 Å². The second kappa shape index (κ2) is 6.37. The van der Waals surface area contributed by atoms with Crippen molar-refractivity contribution in [1.29, 1.82) is 0 Å². The molecule has 2 aliphatic rings. The van der Waals surface area contributed by atoms with Gasteiger partial charge in [-0.3, -0.25) is 9.48 Å². The Morgan fingerprint density at radius 2 is 1.95 bits per heavy atom. The lowest BCUT2D eigenvalue weighted by molar-refractivity contribution is -0.136. The highest BCUT2D eigenvalue weighted by Crippen LogP contribution is 2.29. The number of piperidine rings is 1. The lowest BCUT2D eigenvalue weighted by Crippen LogP contribution is -2.46. The molecular formula is C15H24N4O. The minimum atomic E-state index is 0.305. The topological polar surface area (TPSA) is 51.0 Å². The van der Waals surface area contributed by atoms with E-state index in [1.54, 1.807) is 6.20 Å². The maximum Gasteiger partial charge on any atom is 0.223 e. The fourth-order valence-electron chi connectivity index (χ4n) is 3.64. The summed E-state index contributed by atoms with van der Waals surface area (Å²) in [6.45, 7) is 1.71. The van der Waals surface area contributed by atoms with Gasteiger partial charge in [0, 0.05) is 19.2 Å². The first-order valence-electron chi connectivity index (χ1n) is 7.96. The average molecular weight is 276 g/mol. The van der Waals surface area contributed by atoms with Crippen molar-refractivity contribution in [3.8, 4) is 0 Å². The number of nitrogens with zero attached hydrogens (tertiary/aromatic N) is 4. The predicted octanol–water partition coefficient (Wildman–Crippen LogP) is 2.24. The van der Waals surface area contributed by atoms with E-state index in [9.17, 15) is 4.79 Å². The van der Waals surface area contributed by atoms with Crippen molar-refractivity contribution in [1.82, 2.24) is 19.9 Å². The van der Waals surface area contributed by atoms with E-state index in [-0.39, 0.29) is 0 Å². The first-order valence-corrected chi connectivity index (χ1v) is 7.96. The molecule has 0 unspecified atom stereocenters. The van der Waals surface area contributed by atoms with Gasteiger partial charge >= 0.3 is 0 Å². The van der Waals surface area contributed by atoms with Gasteiger partial charge in [-0.15, -0.1) is 5.10 Å². The normalized spacial score (nSPS) is 24.2. The SMILES string of the molecule is O=C(CC1CCCC1)N1CCCC[C@H]1Cn1ccnn1. The zero-order valence-electron chi connectivity index (χ0n) is 12.1. The first-order chi connectivity index (χ1) is 9.83. The second-order valence-electron chi connectivity index (χ2n) is 6.22. The Labute approximate surface area is 120 Å². The van der Waals surface area contributed by atoms with Crippen molar-refractivity contribution in [3.05, 3.63) is 12.4 Å². The van der Waals surface area contributed by atoms with Gasteiger partial charge in [0.1, 0.15) is 0 Å². The van der Waals surface area contributed by atoms with Gasteiger partial charge in [-0.25, -0.2) is 0 Å². The van der Waals surface area contributed by atoms with Crippen molar-refractivity contribution in [2.45, 2.75) is 64.0 Å². The third-order valence-electron chi connectivity index (χ3n) is 4.76. The van der Waals surface area contributed by atoms with Crippen molar-refractivity contribution < 1.29 is 4.79 Å². The van der Waals surface area contributed by atoms with Crippen LogP contribution in [-0.4, -0.2) is 38.4 Å². The maximum atomic E-state index is 12.6. The first kappa shape index (κ1) is 13.6. The van der Waals surface area contributed by atoms with Gasteiger partial charge in [0.05, 0.1) is 18.8 Å². The number of carbonyl (C=O) groups excluding carboxylic acids is 1. The molecule has 110 valence electrons. The molecule has 1 aliphatic heterocycles. The third-order valence-corrected chi connectivity index (χ3v) is 4.76. The largest absolute Gasteiger partial charge is 0.338 e. The molecule has 3 rings (SSSR count). The Hall–Kier alpha value is -1.39. The highest BCUT2D eigenvalue weighted by molar-refractivity contribution is 5.77. The highest BCUT2D eigenvalue weighted by atomic mass is 16.2. The van der Waals surface area contributed by atoms with Crippen LogP contribution in [0.4, 0.5) is 0 Å². The highest BCUT2D eigenvalue weighted by Gasteiger charge is 2.29. The van der Waals surface area contributed by atoms with Crippen LogP contribution in [-0.2, 0) is 11.3 Å². The Morgan fingerprint density at radius 1 is 1.15 bits per heavy atom. The Morgan fingerprint density at radius 3 is 2.70 bits per heavy atom. The molecule has 2 heterocycles. The van der Waals surface area contributed by atoms with E-state index in [2.05, 4.69) is 15.2 Å². The minimum Gasteiger partial charge on any atom is -0.338 e. The number of rotatable bonds is 4. The van der Waals surface area contributed by atoms with Crippen LogP contribution in [0.2, 0.25) is 0 Å². The zero-order valence-corrected chi connectivity index (χ0v) is 12.1. The molecule has 20 heavy (non-hydrogen) atoms. The minimum absolute atomic E-state index is 0.305. The Balaban J connectivity index is 1.60. The molecule has 0 N–H and O–H groups in total. The molecule has 1 aromatic heterocycles. The van der Waals surface area contributed by atoms with Crippen LogP contribution in [0.5, 0.6) is 0 Å². The van der Waals surface area contributed by atoms with Gasteiger partial charge in [0.15, 0.2) is 0 Å². The van der Waals surface area contributed by atoms with E-state index in [0.29, 0.717) is 17.9 Å². The summed E-state index contributed by atoms with van der Waals surface area (Å²) in [5, 5.41) is 7.89. The van der Waals surface area contributed by atoms with Gasteiger partial charge in [-0.05, 0) is 38.0 Å². The lowest BCUT2D eigenvalue weighted by atomic mass is 9.98. The van der Waals surface area contributed by atoms with Crippen LogP contribution in [0.25, 0.3) is 0 Å². The number of hydrogen-bond acceptors (Lipinski definition) is 3. The van der Waals surface area contributed by atoms with Crippen LogP contribution in [0.15, 0.2) is 12.4 Å². The maximum absolute atomic E-state index is 12.6. The predicted molar refractivity (Wildman–Crippen MR) is 75.9 cm³/mol. The molecule has 1 saturated heterocycles. The number of carbonyl (C=O) groups is 1. The van der Waals surface area contributed by atoms with E-state index >= 15 is 0 Å². The number of likely N-dealkylation sites (tertiary alicyclic amines) is 1. The summed E-state index contributed by atoms with van der Waals surface area (Å²) >= 11 is 0. The van der Waals surface area contributed by atoms with Crippen LogP contribution in [0, 0.1) is 5.92 Å². The van der Waals surface area contributed by atoms with E-state index in [4.69, 9.17) is 0 Å². The second-order valence-corrected chi connectivity index (χ2v) is 6.22. The fourth-order valence-corrected chi connectivity index (χ4v) is 3.64. The van der Waals surface area contributed by atoms with Crippen LogP contribution in [0.3, 0.4) is 0 Å². The molecule has 1 atom stereocenters. The van der Waals surface area contributed by atoms with E-state index < -0.39 is 0 Å². The van der Waals surface area contributed by atoms with Crippen molar-refractivity contribution in [2.24, 2.45) is 5.92 Å². The lowest BCUT2D eigenvalue weighted by Gasteiger charge is -2.36. The molecule has 0 aromatic carbocycles. The molecule has 1 aromatic rings. The molecule has 0 bridgehead atoms. The fraction of sp³-hybridized carbons (Fsp3) is 0.800. The average Bonchev–Trinajstić information content (AvgIpc) is 3.13.